The summed E-state index contributed by atoms with van der Waals surface area (Å²) in [6, 6.07) is 22.8. The van der Waals surface area contributed by atoms with Gasteiger partial charge in [-0.15, -0.1) is 0 Å². The number of amides is 4. The monoisotopic (exact) mass is 1350 g/mol. The number of ether oxygens (including phenoxy) is 8. The van der Waals surface area contributed by atoms with Gasteiger partial charge in [-0.2, -0.15) is 10.5 Å². The Bertz CT molecular complexity index is 3270. The molecule has 0 aromatic heterocycles. The third kappa shape index (κ3) is 20.2. The van der Waals surface area contributed by atoms with Crippen molar-refractivity contribution in [3.63, 3.8) is 0 Å². The summed E-state index contributed by atoms with van der Waals surface area (Å²) in [5.41, 5.74) is 2.97. The highest BCUT2D eigenvalue weighted by molar-refractivity contribution is 7.89. The van der Waals surface area contributed by atoms with Crippen molar-refractivity contribution in [3.8, 4) is 23.6 Å². The predicted molar refractivity (Wildman–Crippen MR) is 341 cm³/mol. The Morgan fingerprint density at radius 3 is 1.17 bits per heavy atom. The quantitative estimate of drug-likeness (QED) is 0.0438. The third-order valence-electron chi connectivity index (χ3n) is 15.4. The number of halogens is 2. The number of urea groups is 1. The lowest BCUT2D eigenvalue weighted by Gasteiger charge is -2.40. The van der Waals surface area contributed by atoms with Gasteiger partial charge in [0.25, 0.3) is 0 Å². The normalized spacial score (nSPS) is 18.7. The van der Waals surface area contributed by atoms with Crippen LogP contribution in [0.4, 0.5) is 14.4 Å². The van der Waals surface area contributed by atoms with Crippen LogP contribution in [0.3, 0.4) is 0 Å². The summed E-state index contributed by atoms with van der Waals surface area (Å²) in [4.78, 5) is 45.7. The third-order valence-corrected chi connectivity index (χ3v) is 18.8. The lowest BCUT2D eigenvalue weighted by molar-refractivity contribution is 0.000616. The maximum atomic E-state index is 13.2. The van der Waals surface area contributed by atoms with Gasteiger partial charge in [0.05, 0.1) is 98.0 Å². The zero-order valence-electron chi connectivity index (χ0n) is 52.7. The topological polar surface area (TPSA) is 302 Å². The second kappa shape index (κ2) is 32.5. The molecule has 25 nitrogen and oxygen atoms in total. The van der Waals surface area contributed by atoms with E-state index in [1.807, 2.05) is 53.7 Å². The van der Waals surface area contributed by atoms with Gasteiger partial charge >= 0.3 is 18.2 Å². The zero-order valence-corrected chi connectivity index (χ0v) is 55.8. The number of hydrogen-bond acceptors (Lipinski definition) is 19. The number of nitriles is 2. The second-order valence-corrected chi connectivity index (χ2v) is 28.7. The number of benzene rings is 4. The molecule has 0 unspecified atom stereocenters. The van der Waals surface area contributed by atoms with Gasteiger partial charge in [0.15, 0.2) is 0 Å². The van der Waals surface area contributed by atoms with E-state index in [0.29, 0.717) is 97.9 Å². The van der Waals surface area contributed by atoms with Crippen molar-refractivity contribution < 1.29 is 69.1 Å². The van der Waals surface area contributed by atoms with E-state index in [2.05, 4.69) is 42.0 Å². The smallest absolute Gasteiger partial charge is 0.410 e. The first-order valence-corrected chi connectivity index (χ1v) is 34.3. The molecule has 0 radical (unpaired) electrons. The molecule has 4 N–H and O–H groups in total. The maximum absolute atomic E-state index is 13.2. The summed E-state index contributed by atoms with van der Waals surface area (Å²) in [5.74, 6) is 0.856. The first-order chi connectivity index (χ1) is 43.8. The number of rotatable bonds is 28. The molecule has 92 heavy (non-hydrogen) atoms. The molecule has 2 saturated heterocycles. The second-order valence-electron chi connectivity index (χ2n) is 24.3. The molecule has 2 fully saturated rings. The van der Waals surface area contributed by atoms with Gasteiger partial charge in [0.2, 0.25) is 20.0 Å². The van der Waals surface area contributed by atoms with Crippen LogP contribution in [-0.2, 0) is 61.3 Å². The van der Waals surface area contributed by atoms with Gasteiger partial charge in [-0.05, 0) is 149 Å². The number of piperazine rings is 2. The van der Waals surface area contributed by atoms with Crippen LogP contribution in [0.1, 0.15) is 87.1 Å². The lowest BCUT2D eigenvalue weighted by Crippen LogP contribution is -2.54. The van der Waals surface area contributed by atoms with Crippen LogP contribution in [0.25, 0.3) is 0 Å². The highest BCUT2D eigenvalue weighted by atomic mass is 35.5. The van der Waals surface area contributed by atoms with E-state index >= 15 is 0 Å². The molecule has 0 bridgehead atoms. The van der Waals surface area contributed by atoms with Crippen molar-refractivity contribution in [2.45, 2.75) is 99.7 Å². The molecular weight excluding hydrogens is 1270 g/mol. The Hall–Kier alpha value is -6.57. The molecule has 4 aromatic carbocycles. The number of carbonyl (C=O) groups excluding carboxylic acids is 3. The van der Waals surface area contributed by atoms with E-state index < -0.39 is 49.5 Å². The van der Waals surface area contributed by atoms with Crippen LogP contribution in [0.15, 0.2) is 82.6 Å². The van der Waals surface area contributed by atoms with Crippen LogP contribution in [0.2, 0.25) is 10.0 Å². The Kier molecular flexibility index (Phi) is 25.2. The van der Waals surface area contributed by atoms with Crippen molar-refractivity contribution in [3.05, 3.63) is 116 Å². The van der Waals surface area contributed by atoms with E-state index in [1.165, 1.54) is 24.3 Å². The van der Waals surface area contributed by atoms with E-state index in [4.69, 9.17) is 61.1 Å². The van der Waals surface area contributed by atoms with E-state index in [9.17, 15) is 41.7 Å². The fourth-order valence-corrected chi connectivity index (χ4v) is 13.6. The minimum atomic E-state index is -3.89. The van der Waals surface area contributed by atoms with Gasteiger partial charge in [0, 0.05) is 88.6 Å². The van der Waals surface area contributed by atoms with Crippen molar-refractivity contribution in [2.75, 3.05) is 131 Å². The number of fused-ring (bicyclic) bond motifs is 2. The first-order valence-electron chi connectivity index (χ1n) is 30.6. The van der Waals surface area contributed by atoms with Gasteiger partial charge in [-0.3, -0.25) is 9.80 Å². The molecule has 0 spiro atoms. The van der Waals surface area contributed by atoms with Crippen LogP contribution < -0.4 is 29.6 Å². The molecule has 2 heterocycles. The highest BCUT2D eigenvalue weighted by Gasteiger charge is 2.43. The maximum Gasteiger partial charge on any atom is 0.410 e. The average Bonchev–Trinajstić information content (AvgIpc) is 1.64. The van der Waals surface area contributed by atoms with E-state index in [1.54, 1.807) is 46.2 Å². The molecule has 4 atom stereocenters. The van der Waals surface area contributed by atoms with Crippen LogP contribution >= 0.6 is 23.2 Å². The zero-order chi connectivity index (χ0) is 66.2. The lowest BCUT2D eigenvalue weighted by atomic mass is 10.0. The van der Waals surface area contributed by atoms with Crippen molar-refractivity contribution >= 4 is 61.5 Å². The standard InChI is InChI=1S/C63H82Cl2N10O15S2/c1-62(2,3)89-60(77)74-23-19-72(20-24-74)55-39-51-43(41-66)35-45(64)37-53(51)57(55)87-47-7-11-49(12-8-47)91(79,80)70-17-29-85-33-31-83-27-15-68-59(76)69-16-28-84-32-34-86-30-18-71-92(81,82)50-13-9-48(10-14-50)88-58-54-38-46(65)36-44(42-67)52(54)40-56(58)73-21-25-75(26-22-73)61(78)90-63(4,5)6/h7-14,35-38,55-58,70-71H,15-34,39-40H2,1-6H3,(H2,68,69,76)/t55-,56-,57-,58-/m0/s1. The first kappa shape index (κ1) is 71.3. The molecule has 4 aliphatic rings. The number of hydrogen-bond donors (Lipinski definition) is 4. The molecule has 2 aliphatic heterocycles. The number of nitrogens with zero attached hydrogens (tertiary/aromatic N) is 6. The van der Waals surface area contributed by atoms with Crippen molar-refractivity contribution in [1.82, 2.24) is 39.7 Å². The van der Waals surface area contributed by atoms with E-state index in [0.717, 1.165) is 22.3 Å². The number of nitrogens with one attached hydrogen (secondary N) is 4. The van der Waals surface area contributed by atoms with Crippen LogP contribution in [-0.4, -0.2) is 209 Å². The average molecular weight is 1350 g/mol. The molecule has 29 heteroatoms. The Labute approximate surface area is 548 Å². The van der Waals surface area contributed by atoms with Crippen molar-refractivity contribution in [2.24, 2.45) is 0 Å². The summed E-state index contributed by atoms with van der Waals surface area (Å²) in [6.45, 7) is 16.9. The molecule has 0 saturated carbocycles. The molecular formula is C63H82Cl2N10O15S2. The van der Waals surface area contributed by atoms with Crippen LogP contribution in [0.5, 0.6) is 11.5 Å². The Morgan fingerprint density at radius 1 is 0.511 bits per heavy atom. The number of carbonyl (C=O) groups is 3. The highest BCUT2D eigenvalue weighted by Crippen LogP contribution is 2.43. The molecule has 4 aromatic rings. The molecule has 4 amide bonds. The Morgan fingerprint density at radius 2 is 0.848 bits per heavy atom. The van der Waals surface area contributed by atoms with Gasteiger partial charge < -0.3 is 58.3 Å². The molecule has 8 rings (SSSR count). The SMILES string of the molecule is CC(C)(C)OC(=O)N1CCN([C@H]2Cc3c(C#N)cc(Cl)cc3[C@@H]2Oc2ccc(S(=O)(=O)NCCOCCOCCNC(=O)NCCOCCOCCNS(=O)(=O)c3ccc(O[C@H]4c5cc(Cl)cc(C#N)c5C[C@@H]4N4CCN(C(=O)OC(C)(C)C)CC4)cc3)cc2)CC1. The largest absolute Gasteiger partial charge is 0.484 e. The minimum absolute atomic E-state index is 0.00891. The molecule has 500 valence electrons. The minimum Gasteiger partial charge on any atom is -0.484 e. The van der Waals surface area contributed by atoms with Gasteiger partial charge in [-0.1, -0.05) is 23.2 Å². The molecule has 2 aliphatic carbocycles. The summed E-state index contributed by atoms with van der Waals surface area (Å²) in [6.07, 6.45) is -0.723. The predicted octanol–water partition coefficient (Wildman–Crippen LogP) is 6.55. The number of sulfonamides is 2. The summed E-state index contributed by atoms with van der Waals surface area (Å²) in [5, 5.41) is 26.1. The Balaban J connectivity index is 0.643. The summed E-state index contributed by atoms with van der Waals surface area (Å²) >= 11 is 12.9. The van der Waals surface area contributed by atoms with Crippen molar-refractivity contribution in [1.29, 1.82) is 10.5 Å². The van der Waals surface area contributed by atoms with E-state index in [-0.39, 0.29) is 113 Å². The summed E-state index contributed by atoms with van der Waals surface area (Å²) in [7, 11) is -7.78. The van der Waals surface area contributed by atoms with Gasteiger partial charge in [0.1, 0.15) is 34.9 Å². The fraction of sp³-hybridized carbons (Fsp3) is 0.540. The van der Waals surface area contributed by atoms with Crippen LogP contribution in [0, 0.1) is 22.7 Å². The van der Waals surface area contributed by atoms with Gasteiger partial charge in [-0.25, -0.2) is 40.7 Å². The summed E-state index contributed by atoms with van der Waals surface area (Å²) < 4.78 is 104. The fourth-order valence-electron chi connectivity index (χ4n) is 11.1.